The normalized spacial score (nSPS) is 10.4. The Labute approximate surface area is 118 Å². The minimum absolute atomic E-state index is 0.764. The lowest BCUT2D eigenvalue weighted by atomic mass is 10.1. The maximum Gasteiger partial charge on any atom is 0.176 e. The molecule has 4 nitrogen and oxygen atoms in total. The second-order valence-corrected chi connectivity index (χ2v) is 4.66. The van der Waals surface area contributed by atoms with Gasteiger partial charge in [-0.15, -0.1) is 0 Å². The van der Waals surface area contributed by atoms with Gasteiger partial charge in [0.05, 0.1) is 5.69 Å². The molecule has 20 heavy (non-hydrogen) atoms. The lowest BCUT2D eigenvalue weighted by Gasteiger charge is -2.11. The van der Waals surface area contributed by atoms with Gasteiger partial charge in [0, 0.05) is 25.1 Å². The lowest BCUT2D eigenvalue weighted by molar-refractivity contribution is 0.846. The van der Waals surface area contributed by atoms with Gasteiger partial charge in [-0.2, -0.15) is 5.10 Å². The van der Waals surface area contributed by atoms with Crippen molar-refractivity contribution in [3.8, 4) is 5.82 Å². The van der Waals surface area contributed by atoms with Crippen LogP contribution < -0.4 is 5.32 Å². The van der Waals surface area contributed by atoms with Crippen molar-refractivity contribution in [3.05, 3.63) is 72.2 Å². The third kappa shape index (κ3) is 2.69. The molecule has 3 rings (SSSR count). The van der Waals surface area contributed by atoms with Crippen molar-refractivity contribution in [1.29, 1.82) is 0 Å². The molecular formula is C16H16N4. The van der Waals surface area contributed by atoms with E-state index in [0.29, 0.717) is 0 Å². The first-order valence-corrected chi connectivity index (χ1v) is 6.57. The lowest BCUT2D eigenvalue weighted by Crippen LogP contribution is -2.06. The molecule has 0 aliphatic heterocycles. The number of rotatable bonds is 4. The highest BCUT2D eigenvalue weighted by atomic mass is 15.3. The van der Waals surface area contributed by atoms with E-state index in [1.807, 2.05) is 24.4 Å². The quantitative estimate of drug-likeness (QED) is 0.787. The summed E-state index contributed by atoms with van der Waals surface area (Å²) in [6, 6.07) is 14.3. The number of nitrogens with zero attached hydrogens (tertiary/aromatic N) is 3. The summed E-state index contributed by atoms with van der Waals surface area (Å²) in [5.41, 5.74) is 3.48. The molecule has 0 fully saturated rings. The summed E-state index contributed by atoms with van der Waals surface area (Å²) in [5, 5.41) is 7.64. The van der Waals surface area contributed by atoms with E-state index in [-0.39, 0.29) is 0 Å². The van der Waals surface area contributed by atoms with Gasteiger partial charge in [0.25, 0.3) is 0 Å². The highest BCUT2D eigenvalue weighted by Crippen LogP contribution is 2.17. The number of hydrogen-bond donors (Lipinski definition) is 1. The third-order valence-electron chi connectivity index (χ3n) is 3.11. The van der Waals surface area contributed by atoms with Crippen molar-refractivity contribution >= 4 is 5.69 Å². The van der Waals surface area contributed by atoms with Gasteiger partial charge in [-0.05, 0) is 30.7 Å². The minimum atomic E-state index is 0.764. The van der Waals surface area contributed by atoms with Crippen LogP contribution in [0.2, 0.25) is 0 Å². The summed E-state index contributed by atoms with van der Waals surface area (Å²) in [6.07, 6.45) is 5.41. The van der Waals surface area contributed by atoms with Crippen molar-refractivity contribution in [2.75, 3.05) is 5.32 Å². The second kappa shape index (κ2) is 5.57. The molecule has 2 aromatic heterocycles. The molecule has 0 atom stereocenters. The van der Waals surface area contributed by atoms with Crippen molar-refractivity contribution in [2.45, 2.75) is 13.5 Å². The SMILES string of the molecule is Cc1ccc(CNc2cccnc2-n2cccn2)cc1. The molecule has 0 aliphatic carbocycles. The van der Waals surface area contributed by atoms with Gasteiger partial charge in [0.15, 0.2) is 5.82 Å². The van der Waals surface area contributed by atoms with Crippen LogP contribution in [0.5, 0.6) is 0 Å². The Morgan fingerprint density at radius 3 is 2.65 bits per heavy atom. The maximum atomic E-state index is 4.39. The van der Waals surface area contributed by atoms with E-state index in [1.165, 1.54) is 11.1 Å². The molecule has 0 saturated heterocycles. The van der Waals surface area contributed by atoms with Gasteiger partial charge in [-0.25, -0.2) is 9.67 Å². The van der Waals surface area contributed by atoms with Gasteiger partial charge in [0.1, 0.15) is 0 Å². The first-order valence-electron chi connectivity index (χ1n) is 6.57. The van der Waals surface area contributed by atoms with E-state index in [4.69, 9.17) is 0 Å². The maximum absolute atomic E-state index is 4.39. The molecule has 4 heteroatoms. The van der Waals surface area contributed by atoms with Crippen molar-refractivity contribution in [2.24, 2.45) is 0 Å². The molecule has 0 unspecified atom stereocenters. The Hall–Kier alpha value is -2.62. The summed E-state index contributed by atoms with van der Waals surface area (Å²) in [6.45, 7) is 2.86. The van der Waals surface area contributed by atoms with Crippen LogP contribution in [0.15, 0.2) is 61.1 Å². The summed E-state index contributed by atoms with van der Waals surface area (Å²) in [7, 11) is 0. The smallest absolute Gasteiger partial charge is 0.176 e. The average Bonchev–Trinajstić information content (AvgIpc) is 3.01. The molecule has 0 bridgehead atoms. The van der Waals surface area contributed by atoms with Crippen LogP contribution in [0.4, 0.5) is 5.69 Å². The zero-order valence-corrected chi connectivity index (χ0v) is 11.3. The largest absolute Gasteiger partial charge is 0.378 e. The number of aryl methyl sites for hydroxylation is 1. The molecule has 0 amide bonds. The molecule has 0 spiro atoms. The van der Waals surface area contributed by atoms with E-state index in [2.05, 4.69) is 46.6 Å². The van der Waals surface area contributed by atoms with Crippen LogP contribution in [0, 0.1) is 6.92 Å². The number of nitrogens with one attached hydrogen (secondary N) is 1. The summed E-state index contributed by atoms with van der Waals surface area (Å²) < 4.78 is 1.76. The van der Waals surface area contributed by atoms with Crippen LogP contribution in [0.1, 0.15) is 11.1 Å². The highest BCUT2D eigenvalue weighted by Gasteiger charge is 2.05. The molecule has 1 N–H and O–H groups in total. The Bertz CT molecular complexity index is 672. The van der Waals surface area contributed by atoms with Gasteiger partial charge >= 0.3 is 0 Å². The molecule has 0 saturated carbocycles. The number of anilines is 1. The fourth-order valence-electron chi connectivity index (χ4n) is 2.01. The van der Waals surface area contributed by atoms with E-state index < -0.39 is 0 Å². The van der Waals surface area contributed by atoms with E-state index >= 15 is 0 Å². The fraction of sp³-hybridized carbons (Fsp3) is 0.125. The average molecular weight is 264 g/mol. The van der Waals surface area contributed by atoms with Gasteiger partial charge in [-0.1, -0.05) is 29.8 Å². The monoisotopic (exact) mass is 264 g/mol. The van der Waals surface area contributed by atoms with Crippen LogP contribution >= 0.6 is 0 Å². The summed E-state index contributed by atoms with van der Waals surface area (Å²) in [5.74, 6) is 0.810. The highest BCUT2D eigenvalue weighted by molar-refractivity contribution is 5.56. The van der Waals surface area contributed by atoms with E-state index in [9.17, 15) is 0 Å². The number of benzene rings is 1. The molecule has 100 valence electrons. The number of pyridine rings is 1. The van der Waals surface area contributed by atoms with Gasteiger partial charge in [0.2, 0.25) is 0 Å². The Kier molecular flexibility index (Phi) is 3.46. The standard InChI is InChI=1S/C16H16N4/c1-13-5-7-14(8-6-13)12-18-15-4-2-9-17-16(15)20-11-3-10-19-20/h2-11,18H,12H2,1H3. The zero-order chi connectivity index (χ0) is 13.8. The first kappa shape index (κ1) is 12.4. The Balaban J connectivity index is 1.79. The molecule has 2 heterocycles. The van der Waals surface area contributed by atoms with Crippen LogP contribution in [-0.4, -0.2) is 14.8 Å². The number of aromatic nitrogens is 3. The van der Waals surface area contributed by atoms with Crippen molar-refractivity contribution in [3.63, 3.8) is 0 Å². The number of hydrogen-bond acceptors (Lipinski definition) is 3. The van der Waals surface area contributed by atoms with Crippen molar-refractivity contribution in [1.82, 2.24) is 14.8 Å². The molecule has 3 aromatic rings. The fourth-order valence-corrected chi connectivity index (χ4v) is 2.01. The zero-order valence-electron chi connectivity index (χ0n) is 11.3. The van der Waals surface area contributed by atoms with Crippen molar-refractivity contribution < 1.29 is 0 Å². The molecular weight excluding hydrogens is 248 g/mol. The van der Waals surface area contributed by atoms with E-state index in [0.717, 1.165) is 18.1 Å². The van der Waals surface area contributed by atoms with E-state index in [1.54, 1.807) is 17.1 Å². The minimum Gasteiger partial charge on any atom is -0.378 e. The topological polar surface area (TPSA) is 42.7 Å². The predicted octanol–water partition coefficient (Wildman–Crippen LogP) is 3.19. The molecule has 0 aliphatic rings. The second-order valence-electron chi connectivity index (χ2n) is 4.66. The van der Waals surface area contributed by atoms with Crippen LogP contribution in [0.3, 0.4) is 0 Å². The third-order valence-corrected chi connectivity index (χ3v) is 3.11. The first-order chi connectivity index (χ1) is 9.83. The van der Waals surface area contributed by atoms with Crippen LogP contribution in [-0.2, 0) is 6.54 Å². The predicted molar refractivity (Wildman–Crippen MR) is 79.9 cm³/mol. The Morgan fingerprint density at radius 1 is 1.05 bits per heavy atom. The summed E-state index contributed by atoms with van der Waals surface area (Å²) >= 11 is 0. The van der Waals surface area contributed by atoms with Crippen LogP contribution in [0.25, 0.3) is 5.82 Å². The summed E-state index contributed by atoms with van der Waals surface area (Å²) in [4.78, 5) is 4.39. The molecule has 0 radical (unpaired) electrons. The van der Waals surface area contributed by atoms with Gasteiger partial charge in [-0.3, -0.25) is 0 Å². The van der Waals surface area contributed by atoms with Gasteiger partial charge < -0.3 is 5.32 Å². The molecule has 1 aromatic carbocycles. The Morgan fingerprint density at radius 2 is 1.90 bits per heavy atom.